The van der Waals surface area contributed by atoms with Crippen LogP contribution in [0.5, 0.6) is 5.75 Å². The number of benzene rings is 2. The Bertz CT molecular complexity index is 878. The molecule has 5 nitrogen and oxygen atoms in total. The molecule has 26 heavy (non-hydrogen) atoms. The van der Waals surface area contributed by atoms with Gasteiger partial charge in [-0.3, -0.25) is 9.59 Å². The van der Waals surface area contributed by atoms with E-state index in [4.69, 9.17) is 4.74 Å². The van der Waals surface area contributed by atoms with Crippen LogP contribution in [0.4, 0.5) is 24.5 Å². The second-order valence-corrected chi connectivity index (χ2v) is 5.81. The van der Waals surface area contributed by atoms with Gasteiger partial charge in [0.1, 0.15) is 5.75 Å². The Morgan fingerprint density at radius 2 is 1.81 bits per heavy atom. The fourth-order valence-electron chi connectivity index (χ4n) is 2.64. The lowest BCUT2D eigenvalue weighted by molar-refractivity contribution is -0.137. The number of carbonyl (C=O) groups is 2. The first-order valence-electron chi connectivity index (χ1n) is 7.80. The second kappa shape index (κ2) is 6.70. The average molecular weight is 364 g/mol. The number of hydrogen-bond donors (Lipinski definition) is 2. The van der Waals surface area contributed by atoms with Crippen LogP contribution in [0, 0.1) is 0 Å². The maximum atomic E-state index is 13.0. The van der Waals surface area contributed by atoms with Gasteiger partial charge < -0.3 is 15.4 Å². The molecule has 0 bridgehead atoms. The summed E-state index contributed by atoms with van der Waals surface area (Å²) in [5.41, 5.74) is 0.189. The predicted molar refractivity (Wildman–Crippen MR) is 89.3 cm³/mol. The molecular formula is C18H15F3N2O3. The summed E-state index contributed by atoms with van der Waals surface area (Å²) in [6.45, 7) is 1.75. The predicted octanol–water partition coefficient (Wildman–Crippen LogP) is 3.85. The molecule has 0 aliphatic carbocycles. The monoisotopic (exact) mass is 364 g/mol. The third-order valence-corrected chi connectivity index (χ3v) is 3.86. The normalized spacial score (nSPS) is 12.9. The van der Waals surface area contributed by atoms with Crippen molar-refractivity contribution in [2.75, 3.05) is 17.2 Å². The van der Waals surface area contributed by atoms with Crippen LogP contribution in [-0.2, 0) is 17.4 Å². The standard InChI is InChI=1S/C18H15F3N2O3/c1-10(24)22-14-4-3-13(18(19,20)21)9-15(14)23-17(25)12-2-5-16-11(8-12)6-7-26-16/h2-5,8-9H,6-7H2,1H3,(H,22,24)(H,23,25). The first-order chi connectivity index (χ1) is 12.2. The van der Waals surface area contributed by atoms with E-state index in [1.165, 1.54) is 13.0 Å². The van der Waals surface area contributed by atoms with Crippen molar-refractivity contribution in [2.45, 2.75) is 19.5 Å². The van der Waals surface area contributed by atoms with Gasteiger partial charge in [0.2, 0.25) is 5.91 Å². The third kappa shape index (κ3) is 3.79. The second-order valence-electron chi connectivity index (χ2n) is 5.81. The van der Waals surface area contributed by atoms with Crippen molar-refractivity contribution >= 4 is 23.2 Å². The van der Waals surface area contributed by atoms with Crippen molar-refractivity contribution < 1.29 is 27.5 Å². The minimum absolute atomic E-state index is 0.0864. The maximum absolute atomic E-state index is 13.0. The minimum Gasteiger partial charge on any atom is -0.493 e. The summed E-state index contributed by atoms with van der Waals surface area (Å²) in [5.74, 6) is -0.347. The van der Waals surface area contributed by atoms with E-state index in [1.807, 2.05) is 0 Å². The molecule has 0 aromatic heterocycles. The molecule has 1 heterocycles. The topological polar surface area (TPSA) is 67.4 Å². The van der Waals surface area contributed by atoms with Crippen LogP contribution in [-0.4, -0.2) is 18.4 Å². The average Bonchev–Trinajstić information content (AvgIpc) is 3.02. The summed E-state index contributed by atoms with van der Waals surface area (Å²) in [5, 5.41) is 4.85. The number of fused-ring (bicyclic) bond motifs is 1. The summed E-state index contributed by atoms with van der Waals surface area (Å²) < 4.78 is 44.2. The quantitative estimate of drug-likeness (QED) is 0.869. The molecule has 2 aromatic rings. The van der Waals surface area contributed by atoms with Crippen molar-refractivity contribution in [3.05, 3.63) is 53.1 Å². The summed E-state index contributed by atoms with van der Waals surface area (Å²) in [6, 6.07) is 7.57. The molecule has 0 radical (unpaired) electrons. The van der Waals surface area contributed by atoms with Gasteiger partial charge in [-0.25, -0.2) is 0 Å². The molecule has 1 aliphatic rings. The van der Waals surface area contributed by atoms with Gasteiger partial charge >= 0.3 is 6.18 Å². The van der Waals surface area contributed by atoms with E-state index in [0.29, 0.717) is 24.3 Å². The number of anilines is 2. The van der Waals surface area contributed by atoms with Crippen molar-refractivity contribution in [1.82, 2.24) is 0 Å². The van der Waals surface area contributed by atoms with Crippen molar-refractivity contribution in [3.8, 4) is 5.75 Å². The Morgan fingerprint density at radius 1 is 1.04 bits per heavy atom. The number of carbonyl (C=O) groups excluding carboxylic acids is 2. The van der Waals surface area contributed by atoms with Gasteiger partial charge in [-0.2, -0.15) is 13.2 Å². The summed E-state index contributed by atoms with van der Waals surface area (Å²) in [4.78, 5) is 23.7. The molecule has 136 valence electrons. The van der Waals surface area contributed by atoms with Gasteiger partial charge in [0.15, 0.2) is 0 Å². The number of ether oxygens (including phenoxy) is 1. The Hall–Kier alpha value is -3.03. The van der Waals surface area contributed by atoms with Crippen molar-refractivity contribution in [2.24, 2.45) is 0 Å². The van der Waals surface area contributed by atoms with E-state index in [-0.39, 0.29) is 11.4 Å². The Balaban J connectivity index is 1.91. The van der Waals surface area contributed by atoms with Crippen LogP contribution in [0.15, 0.2) is 36.4 Å². The lowest BCUT2D eigenvalue weighted by Gasteiger charge is -2.15. The van der Waals surface area contributed by atoms with E-state index in [0.717, 1.165) is 23.8 Å². The smallest absolute Gasteiger partial charge is 0.416 e. The molecular weight excluding hydrogens is 349 g/mol. The molecule has 0 unspecified atom stereocenters. The van der Waals surface area contributed by atoms with Gasteiger partial charge in [-0.15, -0.1) is 0 Å². The molecule has 0 fully saturated rings. The zero-order chi connectivity index (χ0) is 18.9. The van der Waals surface area contributed by atoms with Crippen molar-refractivity contribution in [3.63, 3.8) is 0 Å². The van der Waals surface area contributed by atoms with E-state index in [9.17, 15) is 22.8 Å². The number of halogens is 3. The zero-order valence-electron chi connectivity index (χ0n) is 13.7. The van der Waals surface area contributed by atoms with Gasteiger partial charge in [0.05, 0.1) is 23.5 Å². The van der Waals surface area contributed by atoms with Crippen molar-refractivity contribution in [1.29, 1.82) is 0 Å². The SMILES string of the molecule is CC(=O)Nc1ccc(C(F)(F)F)cc1NC(=O)c1ccc2c(c1)CCO2. The Kier molecular flexibility index (Phi) is 4.58. The number of nitrogens with one attached hydrogen (secondary N) is 2. The molecule has 2 aromatic carbocycles. The molecule has 0 saturated heterocycles. The highest BCUT2D eigenvalue weighted by atomic mass is 19.4. The molecule has 0 atom stereocenters. The first-order valence-corrected chi connectivity index (χ1v) is 7.80. The highest BCUT2D eigenvalue weighted by Gasteiger charge is 2.31. The zero-order valence-corrected chi connectivity index (χ0v) is 13.7. The largest absolute Gasteiger partial charge is 0.493 e. The van der Waals surface area contributed by atoms with Gasteiger partial charge in [0, 0.05) is 18.9 Å². The van der Waals surface area contributed by atoms with Crippen LogP contribution in [0.2, 0.25) is 0 Å². The maximum Gasteiger partial charge on any atom is 0.416 e. The van der Waals surface area contributed by atoms with Gasteiger partial charge in [0.25, 0.3) is 5.91 Å². The third-order valence-electron chi connectivity index (χ3n) is 3.86. The lowest BCUT2D eigenvalue weighted by Crippen LogP contribution is -2.16. The Labute approximate surface area is 147 Å². The number of amides is 2. The number of hydrogen-bond acceptors (Lipinski definition) is 3. The molecule has 0 spiro atoms. The van der Waals surface area contributed by atoms with Gasteiger partial charge in [-0.05, 0) is 42.0 Å². The van der Waals surface area contributed by atoms with Crippen LogP contribution in [0.1, 0.15) is 28.4 Å². The number of rotatable bonds is 3. The molecule has 0 saturated carbocycles. The van der Waals surface area contributed by atoms with Crippen LogP contribution in [0.3, 0.4) is 0 Å². The number of alkyl halides is 3. The minimum atomic E-state index is -4.57. The summed E-state index contributed by atoms with van der Waals surface area (Å²) in [6.07, 6.45) is -3.91. The van der Waals surface area contributed by atoms with Crippen LogP contribution >= 0.6 is 0 Å². The van der Waals surface area contributed by atoms with Crippen LogP contribution in [0.25, 0.3) is 0 Å². The highest BCUT2D eigenvalue weighted by molar-refractivity contribution is 6.07. The molecule has 3 rings (SSSR count). The summed E-state index contributed by atoms with van der Waals surface area (Å²) in [7, 11) is 0. The highest BCUT2D eigenvalue weighted by Crippen LogP contribution is 2.34. The first kappa shape index (κ1) is 17.8. The fraction of sp³-hybridized carbons (Fsp3) is 0.222. The summed E-state index contributed by atoms with van der Waals surface area (Å²) >= 11 is 0. The lowest BCUT2D eigenvalue weighted by atomic mass is 10.1. The van der Waals surface area contributed by atoms with E-state index >= 15 is 0 Å². The molecule has 8 heteroatoms. The van der Waals surface area contributed by atoms with Gasteiger partial charge in [-0.1, -0.05) is 0 Å². The molecule has 1 aliphatic heterocycles. The van der Waals surface area contributed by atoms with Crippen LogP contribution < -0.4 is 15.4 Å². The fourth-order valence-corrected chi connectivity index (χ4v) is 2.64. The molecule has 2 N–H and O–H groups in total. The molecule has 2 amide bonds. The van der Waals surface area contributed by atoms with E-state index in [1.54, 1.807) is 12.1 Å². The van der Waals surface area contributed by atoms with E-state index < -0.39 is 23.6 Å². The van der Waals surface area contributed by atoms with E-state index in [2.05, 4.69) is 10.6 Å². The Morgan fingerprint density at radius 3 is 2.50 bits per heavy atom.